The van der Waals surface area contributed by atoms with Gasteiger partial charge in [-0.15, -0.1) is 0 Å². The number of piperazine rings is 1. The van der Waals surface area contributed by atoms with E-state index in [9.17, 15) is 0 Å². The molecule has 0 aliphatic carbocycles. The van der Waals surface area contributed by atoms with Crippen molar-refractivity contribution in [1.29, 1.82) is 0 Å². The summed E-state index contributed by atoms with van der Waals surface area (Å²) in [6.07, 6.45) is 1.28. The normalized spacial score (nSPS) is 22.2. The summed E-state index contributed by atoms with van der Waals surface area (Å²) >= 11 is 0. The van der Waals surface area contributed by atoms with Crippen LogP contribution in [0.15, 0.2) is 0 Å². The lowest BCUT2D eigenvalue weighted by atomic mass is 10.2. The molecule has 1 atom stereocenters. The maximum Gasteiger partial charge on any atom is 0.0110 e. The van der Waals surface area contributed by atoms with Crippen LogP contribution in [0.2, 0.25) is 0 Å². The van der Waals surface area contributed by atoms with E-state index in [2.05, 4.69) is 36.1 Å². The highest BCUT2D eigenvalue weighted by Crippen LogP contribution is 2.05. The van der Waals surface area contributed by atoms with Crippen LogP contribution >= 0.6 is 0 Å². The van der Waals surface area contributed by atoms with Crippen LogP contribution in [0, 0.1) is 0 Å². The number of hydrogen-bond acceptors (Lipinski definition) is 3. The zero-order valence-electron chi connectivity index (χ0n) is 9.21. The number of rotatable bonds is 4. The van der Waals surface area contributed by atoms with Crippen molar-refractivity contribution >= 4 is 0 Å². The highest BCUT2D eigenvalue weighted by atomic mass is 15.2. The maximum atomic E-state index is 3.38. The fraction of sp³-hybridized carbons (Fsp3) is 1.00. The monoisotopic (exact) mass is 185 g/mol. The van der Waals surface area contributed by atoms with E-state index in [0.29, 0.717) is 0 Å². The zero-order chi connectivity index (χ0) is 9.68. The first-order chi connectivity index (χ1) is 6.20. The smallest absolute Gasteiger partial charge is 0.0110 e. The topological polar surface area (TPSA) is 18.5 Å². The van der Waals surface area contributed by atoms with Crippen molar-refractivity contribution in [1.82, 2.24) is 15.1 Å². The first kappa shape index (κ1) is 11.0. The van der Waals surface area contributed by atoms with Crippen LogP contribution in [-0.4, -0.2) is 62.7 Å². The Labute approximate surface area is 82.1 Å². The van der Waals surface area contributed by atoms with Gasteiger partial charge in [0.05, 0.1) is 0 Å². The van der Waals surface area contributed by atoms with Gasteiger partial charge < -0.3 is 10.2 Å². The summed E-state index contributed by atoms with van der Waals surface area (Å²) in [5, 5.41) is 3.38. The molecule has 1 rings (SSSR count). The predicted octanol–water partition coefficient (Wildman–Crippen LogP) is 0.232. The molecule has 0 radical (unpaired) electrons. The molecule has 78 valence electrons. The van der Waals surface area contributed by atoms with E-state index >= 15 is 0 Å². The van der Waals surface area contributed by atoms with E-state index < -0.39 is 0 Å². The van der Waals surface area contributed by atoms with E-state index in [-0.39, 0.29) is 0 Å². The summed E-state index contributed by atoms with van der Waals surface area (Å²) < 4.78 is 0. The van der Waals surface area contributed by atoms with Crippen LogP contribution in [0.25, 0.3) is 0 Å². The Morgan fingerprint density at radius 2 is 1.92 bits per heavy atom. The molecule has 3 heteroatoms. The van der Waals surface area contributed by atoms with Crippen LogP contribution in [0.5, 0.6) is 0 Å². The predicted molar refractivity (Wildman–Crippen MR) is 57.1 cm³/mol. The molecule has 1 aliphatic heterocycles. The molecule has 0 bridgehead atoms. The maximum absolute atomic E-state index is 3.38. The largest absolute Gasteiger partial charge is 0.314 e. The molecule has 1 N–H and O–H groups in total. The minimum Gasteiger partial charge on any atom is -0.314 e. The van der Waals surface area contributed by atoms with Crippen LogP contribution in [0.1, 0.15) is 13.3 Å². The molecular formula is C10H23N3. The molecule has 1 saturated heterocycles. The molecular weight excluding hydrogens is 162 g/mol. The molecule has 0 amide bonds. The van der Waals surface area contributed by atoms with Crippen molar-refractivity contribution in [3.05, 3.63) is 0 Å². The van der Waals surface area contributed by atoms with E-state index in [1.165, 1.54) is 26.1 Å². The average molecular weight is 185 g/mol. The molecule has 0 spiro atoms. The lowest BCUT2D eigenvalue weighted by molar-refractivity contribution is 0.167. The van der Waals surface area contributed by atoms with Crippen LogP contribution in [0.4, 0.5) is 0 Å². The zero-order valence-corrected chi connectivity index (χ0v) is 9.21. The van der Waals surface area contributed by atoms with E-state index in [1.54, 1.807) is 0 Å². The summed E-state index contributed by atoms with van der Waals surface area (Å²) in [6, 6.07) is 0.740. The van der Waals surface area contributed by atoms with Crippen molar-refractivity contribution in [3.63, 3.8) is 0 Å². The molecule has 0 saturated carbocycles. The first-order valence-electron chi connectivity index (χ1n) is 5.29. The Morgan fingerprint density at radius 3 is 2.46 bits per heavy atom. The standard InChI is InChI=1S/C10H23N3/c1-10(4-7-12(2)3)13-8-5-11-6-9-13/h10-11H,4-9H2,1-3H3. The van der Waals surface area contributed by atoms with Gasteiger partial charge in [0.2, 0.25) is 0 Å². The average Bonchev–Trinajstić information content (AvgIpc) is 2.15. The summed E-state index contributed by atoms with van der Waals surface area (Å²) in [7, 11) is 4.29. The Hall–Kier alpha value is -0.120. The number of nitrogens with zero attached hydrogens (tertiary/aromatic N) is 2. The van der Waals surface area contributed by atoms with Gasteiger partial charge in [-0.3, -0.25) is 4.90 Å². The fourth-order valence-electron chi connectivity index (χ4n) is 1.75. The van der Waals surface area contributed by atoms with Gasteiger partial charge in [0.25, 0.3) is 0 Å². The quantitative estimate of drug-likeness (QED) is 0.676. The molecule has 3 nitrogen and oxygen atoms in total. The first-order valence-corrected chi connectivity index (χ1v) is 5.29. The summed E-state index contributed by atoms with van der Waals surface area (Å²) in [5.41, 5.74) is 0. The van der Waals surface area contributed by atoms with Gasteiger partial charge >= 0.3 is 0 Å². The van der Waals surface area contributed by atoms with Gasteiger partial charge in [0.1, 0.15) is 0 Å². The number of nitrogens with one attached hydrogen (secondary N) is 1. The van der Waals surface area contributed by atoms with Gasteiger partial charge in [-0.25, -0.2) is 0 Å². The molecule has 13 heavy (non-hydrogen) atoms. The van der Waals surface area contributed by atoms with Crippen LogP contribution < -0.4 is 5.32 Å². The van der Waals surface area contributed by atoms with Gasteiger partial charge in [0, 0.05) is 32.2 Å². The molecule has 0 aromatic carbocycles. The lowest BCUT2D eigenvalue weighted by Crippen LogP contribution is -2.48. The Morgan fingerprint density at radius 1 is 1.31 bits per heavy atom. The van der Waals surface area contributed by atoms with E-state index in [1.807, 2.05) is 0 Å². The lowest BCUT2D eigenvalue weighted by Gasteiger charge is -2.33. The minimum absolute atomic E-state index is 0.740. The number of hydrogen-bond donors (Lipinski definition) is 1. The van der Waals surface area contributed by atoms with Crippen molar-refractivity contribution < 1.29 is 0 Å². The molecule has 1 unspecified atom stereocenters. The van der Waals surface area contributed by atoms with Gasteiger partial charge in [-0.2, -0.15) is 0 Å². The Balaban J connectivity index is 2.17. The molecule has 1 aliphatic rings. The third-order valence-electron chi connectivity index (χ3n) is 2.77. The molecule has 0 aromatic heterocycles. The van der Waals surface area contributed by atoms with Gasteiger partial charge in [-0.05, 0) is 34.0 Å². The van der Waals surface area contributed by atoms with Crippen LogP contribution in [-0.2, 0) is 0 Å². The van der Waals surface area contributed by atoms with Crippen molar-refractivity contribution in [2.24, 2.45) is 0 Å². The highest BCUT2D eigenvalue weighted by molar-refractivity contribution is 4.73. The molecule has 1 heterocycles. The van der Waals surface area contributed by atoms with E-state index in [0.717, 1.165) is 19.1 Å². The SMILES string of the molecule is CC(CCN(C)C)N1CCNCC1. The van der Waals surface area contributed by atoms with Gasteiger partial charge in [0.15, 0.2) is 0 Å². The van der Waals surface area contributed by atoms with Crippen molar-refractivity contribution in [2.45, 2.75) is 19.4 Å². The third-order valence-corrected chi connectivity index (χ3v) is 2.77. The van der Waals surface area contributed by atoms with Gasteiger partial charge in [-0.1, -0.05) is 0 Å². The Bertz CT molecular complexity index is 130. The highest BCUT2D eigenvalue weighted by Gasteiger charge is 2.15. The third kappa shape index (κ3) is 4.07. The Kier molecular flexibility index (Phi) is 4.70. The van der Waals surface area contributed by atoms with Crippen LogP contribution in [0.3, 0.4) is 0 Å². The second kappa shape index (κ2) is 5.58. The molecule has 1 fully saturated rings. The molecule has 0 aromatic rings. The fourth-order valence-corrected chi connectivity index (χ4v) is 1.75. The van der Waals surface area contributed by atoms with Crippen molar-refractivity contribution in [3.8, 4) is 0 Å². The van der Waals surface area contributed by atoms with E-state index in [4.69, 9.17) is 0 Å². The second-order valence-corrected chi connectivity index (χ2v) is 4.23. The summed E-state index contributed by atoms with van der Waals surface area (Å²) in [6.45, 7) is 8.29. The summed E-state index contributed by atoms with van der Waals surface area (Å²) in [5.74, 6) is 0. The minimum atomic E-state index is 0.740. The van der Waals surface area contributed by atoms with Crippen molar-refractivity contribution in [2.75, 3.05) is 46.8 Å². The summed E-state index contributed by atoms with van der Waals surface area (Å²) in [4.78, 5) is 4.85. The second-order valence-electron chi connectivity index (χ2n) is 4.23.